The van der Waals surface area contributed by atoms with Crippen LogP contribution < -0.4 is 0 Å². The van der Waals surface area contributed by atoms with Crippen molar-refractivity contribution < 1.29 is 22.0 Å². The van der Waals surface area contributed by atoms with Gasteiger partial charge in [-0.15, -0.1) is 0 Å². The van der Waals surface area contributed by atoms with E-state index >= 15 is 13.2 Å². The summed E-state index contributed by atoms with van der Waals surface area (Å²) >= 11 is 0. The van der Waals surface area contributed by atoms with Gasteiger partial charge in [-0.25, -0.2) is 0 Å². The molecule has 4 aromatic heterocycles. The molecule has 0 bridgehead atoms. The number of benzene rings is 7. The maximum absolute atomic E-state index is 16.9. The van der Waals surface area contributed by atoms with Gasteiger partial charge in [0.15, 0.2) is 11.2 Å². The number of halogens is 3. The first-order chi connectivity index (χ1) is 31.3. The van der Waals surface area contributed by atoms with Gasteiger partial charge < -0.3 is 18.0 Å². The van der Waals surface area contributed by atoms with Crippen molar-refractivity contribution in [3.05, 3.63) is 174 Å². The number of rotatable bonds is 5. The SMILES string of the molecule is N#Cc1ccc(C(/C(=C/n2c3ccccc3c3ccc4c5ccccc5oc4c32)C(F)(F)F)=C(/C2C=CCC(C#N)C2)n2c3ccccc3c3ccc4c5ccccc5oc4c32)cc1. The predicted molar refractivity (Wildman–Crippen MR) is 249 cm³/mol. The summed E-state index contributed by atoms with van der Waals surface area (Å²) in [6, 6.07) is 49.3. The molecular formula is C55H33F3N4O2. The molecule has 2 atom stereocenters. The van der Waals surface area contributed by atoms with Crippen molar-refractivity contribution in [2.75, 3.05) is 0 Å². The smallest absolute Gasteiger partial charge is 0.418 e. The molecule has 6 nitrogen and oxygen atoms in total. The lowest BCUT2D eigenvalue weighted by atomic mass is 9.81. The Balaban J connectivity index is 1.30. The molecule has 0 radical (unpaired) electrons. The van der Waals surface area contributed by atoms with Gasteiger partial charge in [0.25, 0.3) is 0 Å². The maximum atomic E-state index is 16.9. The Hall–Kier alpha value is -8.27. The first kappa shape index (κ1) is 37.5. The van der Waals surface area contributed by atoms with Crippen molar-refractivity contribution in [2.24, 2.45) is 11.8 Å². The second-order valence-electron chi connectivity index (χ2n) is 16.4. The fraction of sp³-hybridized carbons (Fsp3) is 0.0909. The third-order valence-corrected chi connectivity index (χ3v) is 12.9. The molecule has 4 heterocycles. The number of hydrogen-bond acceptors (Lipinski definition) is 4. The number of nitriles is 2. The van der Waals surface area contributed by atoms with Gasteiger partial charge in [-0.1, -0.05) is 109 Å². The molecule has 7 aromatic carbocycles. The highest BCUT2D eigenvalue weighted by Gasteiger charge is 2.41. The third kappa shape index (κ3) is 5.57. The maximum Gasteiger partial charge on any atom is 0.418 e. The minimum Gasteiger partial charge on any atom is -0.454 e. The van der Waals surface area contributed by atoms with Gasteiger partial charge in [0.1, 0.15) is 11.2 Å². The Kier molecular flexibility index (Phi) is 8.28. The molecule has 2 unspecified atom stereocenters. The molecule has 0 N–H and O–H groups in total. The number of furan rings is 2. The summed E-state index contributed by atoms with van der Waals surface area (Å²) in [5.74, 6) is -1.13. The molecule has 9 heteroatoms. The molecule has 306 valence electrons. The van der Waals surface area contributed by atoms with E-state index in [0.717, 1.165) is 43.1 Å². The largest absolute Gasteiger partial charge is 0.454 e. The highest BCUT2D eigenvalue weighted by atomic mass is 19.4. The summed E-state index contributed by atoms with van der Waals surface area (Å²) in [5.41, 5.74) is 4.53. The van der Waals surface area contributed by atoms with Gasteiger partial charge in [0, 0.05) is 66.5 Å². The zero-order chi connectivity index (χ0) is 43.3. The molecule has 1 aliphatic rings. The number of hydrogen-bond donors (Lipinski definition) is 0. The summed E-state index contributed by atoms with van der Waals surface area (Å²) in [7, 11) is 0. The summed E-state index contributed by atoms with van der Waals surface area (Å²) in [5, 5.41) is 26.8. The highest BCUT2D eigenvalue weighted by molar-refractivity contribution is 6.24. The average molecular weight is 839 g/mol. The van der Waals surface area contributed by atoms with Gasteiger partial charge in [0.2, 0.25) is 0 Å². The standard InChI is InChI=1S/C55H33F3N4O2/c56-55(57,58)44(31-61-45-16-5-1-12-36(45)40-24-26-42-38-14-3-7-18-47(38)63-53(42)51(40)61)49(34-22-20-32(29-59)21-23-34)50(35-11-9-10-33(28-35)30-60)62-46-17-6-2-13-37(46)41-25-27-43-39-15-4-8-19-48(39)64-54(43)52(41)62/h1-9,11-27,31,33,35H,10,28H2/b44-31-,50-49+. The van der Waals surface area contributed by atoms with E-state index in [1.54, 1.807) is 28.8 Å². The Morgan fingerprint density at radius 3 is 1.78 bits per heavy atom. The lowest BCUT2D eigenvalue weighted by Crippen LogP contribution is -2.21. The van der Waals surface area contributed by atoms with Gasteiger partial charge >= 0.3 is 6.18 Å². The van der Waals surface area contributed by atoms with Crippen LogP contribution in [0, 0.1) is 34.5 Å². The minimum absolute atomic E-state index is 0.0938. The Morgan fingerprint density at radius 2 is 1.16 bits per heavy atom. The topological polar surface area (TPSA) is 83.7 Å². The molecule has 0 fully saturated rings. The van der Waals surface area contributed by atoms with E-state index < -0.39 is 23.6 Å². The van der Waals surface area contributed by atoms with Crippen molar-refractivity contribution in [3.63, 3.8) is 0 Å². The van der Waals surface area contributed by atoms with Crippen molar-refractivity contribution in [1.82, 2.24) is 9.13 Å². The van der Waals surface area contributed by atoms with Crippen LogP contribution in [0.4, 0.5) is 13.2 Å². The normalized spacial score (nSPS) is 16.5. The quantitative estimate of drug-likeness (QED) is 0.128. The first-order valence-electron chi connectivity index (χ1n) is 21.1. The van der Waals surface area contributed by atoms with E-state index in [-0.39, 0.29) is 17.6 Å². The summed E-state index contributed by atoms with van der Waals surface area (Å²) < 4.78 is 67.6. The van der Waals surface area contributed by atoms with Crippen LogP contribution in [-0.2, 0) is 0 Å². The zero-order valence-corrected chi connectivity index (χ0v) is 33.9. The predicted octanol–water partition coefficient (Wildman–Crippen LogP) is 15.2. The van der Waals surface area contributed by atoms with Gasteiger partial charge in [0.05, 0.1) is 51.3 Å². The third-order valence-electron chi connectivity index (χ3n) is 12.9. The van der Waals surface area contributed by atoms with Crippen LogP contribution in [0.15, 0.2) is 172 Å². The van der Waals surface area contributed by atoms with Crippen LogP contribution in [0.5, 0.6) is 0 Å². The first-order valence-corrected chi connectivity index (χ1v) is 21.1. The van der Waals surface area contributed by atoms with Crippen molar-refractivity contribution in [3.8, 4) is 12.1 Å². The van der Waals surface area contributed by atoms with E-state index in [4.69, 9.17) is 8.83 Å². The average Bonchev–Trinajstić information content (AvgIpc) is 4.08. The minimum atomic E-state index is -4.95. The molecule has 0 amide bonds. The second kappa shape index (κ2) is 14.1. The lowest BCUT2D eigenvalue weighted by molar-refractivity contribution is -0.0863. The number of alkyl halides is 3. The van der Waals surface area contributed by atoms with Crippen molar-refractivity contribution >= 4 is 105 Å². The number of para-hydroxylation sites is 4. The van der Waals surface area contributed by atoms with Crippen LogP contribution in [0.3, 0.4) is 0 Å². The molecule has 0 spiro atoms. The van der Waals surface area contributed by atoms with Crippen LogP contribution in [-0.4, -0.2) is 15.3 Å². The fourth-order valence-corrected chi connectivity index (χ4v) is 10.1. The molecule has 64 heavy (non-hydrogen) atoms. The van der Waals surface area contributed by atoms with E-state index in [2.05, 4.69) is 12.1 Å². The molecular weight excluding hydrogens is 806 g/mol. The zero-order valence-electron chi connectivity index (χ0n) is 33.9. The fourth-order valence-electron chi connectivity index (χ4n) is 10.1. The highest BCUT2D eigenvalue weighted by Crippen LogP contribution is 2.50. The van der Waals surface area contributed by atoms with Crippen LogP contribution in [0.1, 0.15) is 24.0 Å². The monoisotopic (exact) mass is 838 g/mol. The van der Waals surface area contributed by atoms with Crippen molar-refractivity contribution in [1.29, 1.82) is 10.5 Å². The van der Waals surface area contributed by atoms with Crippen molar-refractivity contribution in [2.45, 2.75) is 19.0 Å². The molecule has 12 rings (SSSR count). The molecule has 0 saturated carbocycles. The molecule has 0 aliphatic heterocycles. The van der Waals surface area contributed by atoms with Gasteiger partial charge in [-0.05, 0) is 66.9 Å². The van der Waals surface area contributed by atoms with E-state index in [9.17, 15) is 10.5 Å². The van der Waals surface area contributed by atoms with Crippen LogP contribution in [0.2, 0.25) is 0 Å². The molecule has 11 aromatic rings. The number of fused-ring (bicyclic) bond motifs is 14. The van der Waals surface area contributed by atoms with Crippen LogP contribution in [0.25, 0.3) is 105 Å². The van der Waals surface area contributed by atoms with E-state index in [0.29, 0.717) is 62.1 Å². The summed E-state index contributed by atoms with van der Waals surface area (Å²) in [6.07, 6.45) is 0.860. The lowest BCUT2D eigenvalue weighted by Gasteiger charge is -2.30. The summed E-state index contributed by atoms with van der Waals surface area (Å²) in [4.78, 5) is 0. The number of nitrogens with zero attached hydrogens (tertiary/aromatic N) is 4. The molecule has 0 saturated heterocycles. The van der Waals surface area contributed by atoms with Crippen LogP contribution >= 0.6 is 0 Å². The number of allylic oxidation sites excluding steroid dienone is 5. The van der Waals surface area contributed by atoms with E-state index in [1.807, 2.05) is 138 Å². The van der Waals surface area contributed by atoms with E-state index in [1.165, 1.54) is 6.20 Å². The Labute approximate surface area is 362 Å². The Bertz CT molecular complexity index is 3930. The summed E-state index contributed by atoms with van der Waals surface area (Å²) in [6.45, 7) is 0. The number of aromatic nitrogens is 2. The second-order valence-corrected chi connectivity index (χ2v) is 16.4. The van der Waals surface area contributed by atoms with Gasteiger partial charge in [-0.3, -0.25) is 0 Å². The molecule has 1 aliphatic carbocycles. The van der Waals surface area contributed by atoms with Gasteiger partial charge in [-0.2, -0.15) is 23.7 Å². The Morgan fingerprint density at radius 1 is 0.609 bits per heavy atom.